The van der Waals surface area contributed by atoms with Gasteiger partial charge in [0.15, 0.2) is 0 Å². The predicted molar refractivity (Wildman–Crippen MR) is 68.1 cm³/mol. The zero-order valence-electron chi connectivity index (χ0n) is 8.53. The van der Waals surface area contributed by atoms with E-state index in [1.54, 1.807) is 6.07 Å². The summed E-state index contributed by atoms with van der Waals surface area (Å²) >= 11 is 2.25. The number of phenols is 1. The van der Waals surface area contributed by atoms with Crippen molar-refractivity contribution in [2.45, 2.75) is 12.8 Å². The van der Waals surface area contributed by atoms with E-state index in [0.29, 0.717) is 19.0 Å². The van der Waals surface area contributed by atoms with E-state index < -0.39 is 0 Å². The van der Waals surface area contributed by atoms with E-state index in [1.807, 2.05) is 12.1 Å². The van der Waals surface area contributed by atoms with E-state index in [2.05, 4.69) is 35.6 Å². The molecule has 15 heavy (non-hydrogen) atoms. The SMILES string of the molecule is CC1=CCOCC1c1cc(I)ccc1O. The number of hydrogen-bond donors (Lipinski definition) is 1. The Hall–Kier alpha value is -0.550. The second-order valence-corrected chi connectivity index (χ2v) is 4.99. The highest BCUT2D eigenvalue weighted by molar-refractivity contribution is 14.1. The molecule has 0 saturated heterocycles. The molecule has 0 fully saturated rings. The van der Waals surface area contributed by atoms with E-state index in [1.165, 1.54) is 5.57 Å². The third-order valence-electron chi connectivity index (χ3n) is 2.72. The predicted octanol–water partition coefficient (Wildman–Crippen LogP) is 3.06. The number of phenolic OH excluding ortho intramolecular Hbond substituents is 1. The van der Waals surface area contributed by atoms with Crippen molar-refractivity contribution in [2.24, 2.45) is 0 Å². The molecule has 3 heteroatoms. The Morgan fingerprint density at radius 3 is 3.00 bits per heavy atom. The molecule has 1 unspecified atom stereocenters. The van der Waals surface area contributed by atoms with Crippen LogP contribution in [0.1, 0.15) is 18.4 Å². The second-order valence-electron chi connectivity index (χ2n) is 3.74. The summed E-state index contributed by atoms with van der Waals surface area (Å²) in [6.07, 6.45) is 2.08. The van der Waals surface area contributed by atoms with E-state index in [0.717, 1.165) is 9.13 Å². The maximum absolute atomic E-state index is 9.82. The molecule has 1 aromatic rings. The first-order chi connectivity index (χ1) is 7.18. The molecule has 0 bridgehead atoms. The summed E-state index contributed by atoms with van der Waals surface area (Å²) in [6.45, 7) is 3.44. The van der Waals surface area contributed by atoms with Crippen molar-refractivity contribution in [1.29, 1.82) is 0 Å². The van der Waals surface area contributed by atoms with Crippen molar-refractivity contribution in [3.05, 3.63) is 39.0 Å². The van der Waals surface area contributed by atoms with Crippen LogP contribution in [0.15, 0.2) is 29.8 Å². The molecule has 1 aromatic carbocycles. The minimum absolute atomic E-state index is 0.202. The van der Waals surface area contributed by atoms with Gasteiger partial charge in [0.1, 0.15) is 5.75 Å². The average molecular weight is 316 g/mol. The quantitative estimate of drug-likeness (QED) is 0.637. The summed E-state index contributed by atoms with van der Waals surface area (Å²) < 4.78 is 6.55. The Balaban J connectivity index is 2.39. The molecule has 1 heterocycles. The molecule has 0 aliphatic carbocycles. The first-order valence-corrected chi connectivity index (χ1v) is 5.99. The summed E-state index contributed by atoms with van der Waals surface area (Å²) in [5.74, 6) is 0.562. The van der Waals surface area contributed by atoms with Gasteiger partial charge in [-0.1, -0.05) is 11.6 Å². The third-order valence-corrected chi connectivity index (χ3v) is 3.39. The van der Waals surface area contributed by atoms with E-state index in [4.69, 9.17) is 4.74 Å². The fraction of sp³-hybridized carbons (Fsp3) is 0.333. The average Bonchev–Trinajstić information content (AvgIpc) is 2.23. The van der Waals surface area contributed by atoms with Gasteiger partial charge < -0.3 is 9.84 Å². The van der Waals surface area contributed by atoms with Gasteiger partial charge in [0.2, 0.25) is 0 Å². The molecule has 1 atom stereocenters. The van der Waals surface area contributed by atoms with Gasteiger partial charge in [-0.05, 0) is 47.7 Å². The number of halogens is 1. The van der Waals surface area contributed by atoms with Crippen molar-refractivity contribution < 1.29 is 9.84 Å². The van der Waals surface area contributed by atoms with Crippen LogP contribution in [0.4, 0.5) is 0 Å². The van der Waals surface area contributed by atoms with Gasteiger partial charge in [-0.2, -0.15) is 0 Å². The van der Waals surface area contributed by atoms with Gasteiger partial charge in [0, 0.05) is 15.1 Å². The molecule has 80 valence electrons. The zero-order chi connectivity index (χ0) is 10.8. The van der Waals surface area contributed by atoms with Crippen LogP contribution >= 0.6 is 22.6 Å². The summed E-state index contributed by atoms with van der Waals surface area (Å²) in [5.41, 5.74) is 2.24. The molecular formula is C12H13IO2. The van der Waals surface area contributed by atoms with Gasteiger partial charge in [0.25, 0.3) is 0 Å². The number of hydrogen-bond acceptors (Lipinski definition) is 2. The van der Waals surface area contributed by atoms with E-state index >= 15 is 0 Å². The molecule has 2 rings (SSSR count). The first kappa shape index (κ1) is 11.0. The summed E-state index contributed by atoms with van der Waals surface area (Å²) in [5, 5.41) is 9.82. The van der Waals surface area contributed by atoms with Crippen LogP contribution in [-0.2, 0) is 4.74 Å². The molecular weight excluding hydrogens is 303 g/mol. The lowest BCUT2D eigenvalue weighted by molar-refractivity contribution is 0.140. The number of rotatable bonds is 1. The van der Waals surface area contributed by atoms with Crippen LogP contribution in [0, 0.1) is 3.57 Å². The van der Waals surface area contributed by atoms with Gasteiger partial charge in [-0.15, -0.1) is 0 Å². The van der Waals surface area contributed by atoms with Crippen molar-refractivity contribution in [1.82, 2.24) is 0 Å². The van der Waals surface area contributed by atoms with Gasteiger partial charge in [-0.3, -0.25) is 0 Å². The first-order valence-electron chi connectivity index (χ1n) is 4.91. The van der Waals surface area contributed by atoms with Crippen molar-refractivity contribution in [2.75, 3.05) is 13.2 Å². The van der Waals surface area contributed by atoms with Crippen LogP contribution in [-0.4, -0.2) is 18.3 Å². The lowest BCUT2D eigenvalue weighted by atomic mass is 9.91. The van der Waals surface area contributed by atoms with Crippen LogP contribution in [0.5, 0.6) is 5.75 Å². The minimum atomic E-state index is 0.202. The normalized spacial score (nSPS) is 21.2. The highest BCUT2D eigenvalue weighted by atomic mass is 127. The topological polar surface area (TPSA) is 29.5 Å². The standard InChI is InChI=1S/C12H13IO2/c1-8-4-5-15-7-11(8)10-6-9(13)2-3-12(10)14/h2-4,6,11,14H,5,7H2,1H3. The van der Waals surface area contributed by atoms with Crippen molar-refractivity contribution in [3.63, 3.8) is 0 Å². The molecule has 0 aromatic heterocycles. The van der Waals surface area contributed by atoms with E-state index in [-0.39, 0.29) is 5.92 Å². The lowest BCUT2D eigenvalue weighted by Gasteiger charge is -2.23. The Kier molecular flexibility index (Phi) is 3.31. The molecule has 0 saturated carbocycles. The van der Waals surface area contributed by atoms with Crippen LogP contribution in [0.2, 0.25) is 0 Å². The largest absolute Gasteiger partial charge is 0.508 e. The summed E-state index contributed by atoms with van der Waals surface area (Å²) in [4.78, 5) is 0. The Labute approximate surface area is 103 Å². The van der Waals surface area contributed by atoms with Crippen LogP contribution < -0.4 is 0 Å². The van der Waals surface area contributed by atoms with Crippen molar-refractivity contribution >= 4 is 22.6 Å². The maximum Gasteiger partial charge on any atom is 0.119 e. The molecule has 1 aliphatic rings. The lowest BCUT2D eigenvalue weighted by Crippen LogP contribution is -2.15. The molecule has 1 N–H and O–H groups in total. The Morgan fingerprint density at radius 1 is 1.47 bits per heavy atom. The monoisotopic (exact) mass is 316 g/mol. The highest BCUT2D eigenvalue weighted by Gasteiger charge is 2.20. The van der Waals surface area contributed by atoms with Crippen LogP contribution in [0.25, 0.3) is 0 Å². The number of ether oxygens (including phenoxy) is 1. The summed E-state index contributed by atoms with van der Waals surface area (Å²) in [7, 11) is 0. The molecule has 0 radical (unpaired) electrons. The van der Waals surface area contributed by atoms with Gasteiger partial charge in [0.05, 0.1) is 13.2 Å². The number of benzene rings is 1. The summed E-state index contributed by atoms with van der Waals surface area (Å²) in [6, 6.07) is 5.67. The van der Waals surface area contributed by atoms with E-state index in [9.17, 15) is 5.11 Å². The second kappa shape index (κ2) is 4.53. The number of aromatic hydroxyl groups is 1. The van der Waals surface area contributed by atoms with Gasteiger partial charge in [-0.25, -0.2) is 0 Å². The Bertz CT molecular complexity index is 399. The minimum Gasteiger partial charge on any atom is -0.508 e. The zero-order valence-corrected chi connectivity index (χ0v) is 10.7. The molecule has 0 amide bonds. The van der Waals surface area contributed by atoms with Crippen LogP contribution in [0.3, 0.4) is 0 Å². The fourth-order valence-electron chi connectivity index (χ4n) is 1.79. The maximum atomic E-state index is 9.82. The van der Waals surface area contributed by atoms with Crippen molar-refractivity contribution in [3.8, 4) is 5.75 Å². The molecule has 1 aliphatic heterocycles. The Morgan fingerprint density at radius 2 is 2.27 bits per heavy atom. The fourth-order valence-corrected chi connectivity index (χ4v) is 2.30. The van der Waals surface area contributed by atoms with Gasteiger partial charge >= 0.3 is 0 Å². The molecule has 0 spiro atoms. The highest BCUT2D eigenvalue weighted by Crippen LogP contribution is 2.33. The smallest absolute Gasteiger partial charge is 0.119 e. The third kappa shape index (κ3) is 2.34. The molecule has 2 nitrogen and oxygen atoms in total.